The highest BCUT2D eigenvalue weighted by Gasteiger charge is 2.23. The van der Waals surface area contributed by atoms with Crippen molar-refractivity contribution in [1.82, 2.24) is 9.88 Å². The van der Waals surface area contributed by atoms with Crippen LogP contribution >= 0.6 is 27.5 Å². The third-order valence-electron chi connectivity index (χ3n) is 3.70. The molecule has 2 heterocycles. The molecule has 1 saturated heterocycles. The number of aromatic nitrogens is 1. The summed E-state index contributed by atoms with van der Waals surface area (Å²) in [5.74, 6) is 0.780. The van der Waals surface area contributed by atoms with E-state index >= 15 is 0 Å². The van der Waals surface area contributed by atoms with Gasteiger partial charge in [-0.25, -0.2) is 9.78 Å². The maximum atomic E-state index is 12.3. The van der Waals surface area contributed by atoms with Crippen LogP contribution in [0.25, 0.3) is 0 Å². The van der Waals surface area contributed by atoms with Crippen molar-refractivity contribution in [3.63, 3.8) is 0 Å². The van der Waals surface area contributed by atoms with E-state index in [-0.39, 0.29) is 6.03 Å². The van der Waals surface area contributed by atoms with Gasteiger partial charge in [-0.15, -0.1) is 0 Å². The van der Waals surface area contributed by atoms with Crippen molar-refractivity contribution in [2.75, 3.05) is 36.4 Å². The Morgan fingerprint density at radius 2 is 1.83 bits per heavy atom. The minimum Gasteiger partial charge on any atom is -0.352 e. The summed E-state index contributed by atoms with van der Waals surface area (Å²) in [4.78, 5) is 20.5. The normalized spacial score (nSPS) is 14.7. The first-order chi connectivity index (χ1) is 11.1. The number of anilines is 2. The molecule has 23 heavy (non-hydrogen) atoms. The fourth-order valence-electron chi connectivity index (χ4n) is 2.47. The monoisotopic (exact) mass is 394 g/mol. The molecule has 5 nitrogen and oxygen atoms in total. The van der Waals surface area contributed by atoms with E-state index in [1.165, 1.54) is 0 Å². The Bertz CT molecular complexity index is 687. The highest BCUT2D eigenvalue weighted by Crippen LogP contribution is 2.23. The van der Waals surface area contributed by atoms with Gasteiger partial charge in [-0.1, -0.05) is 27.5 Å². The first-order valence-electron chi connectivity index (χ1n) is 7.30. The molecule has 0 atom stereocenters. The maximum Gasteiger partial charge on any atom is 0.321 e. The zero-order valence-electron chi connectivity index (χ0n) is 12.4. The second-order valence-corrected chi connectivity index (χ2v) is 6.54. The number of hydrogen-bond donors (Lipinski definition) is 1. The summed E-state index contributed by atoms with van der Waals surface area (Å²) in [6.45, 7) is 2.69. The minimum atomic E-state index is -0.0842. The summed E-state index contributed by atoms with van der Waals surface area (Å²) >= 11 is 9.55. The van der Waals surface area contributed by atoms with Gasteiger partial charge in [0, 0.05) is 42.5 Å². The highest BCUT2D eigenvalue weighted by molar-refractivity contribution is 9.10. The van der Waals surface area contributed by atoms with E-state index in [4.69, 9.17) is 11.6 Å². The number of piperazine rings is 1. The molecule has 1 aliphatic rings. The van der Waals surface area contributed by atoms with E-state index in [0.717, 1.165) is 16.0 Å². The molecule has 1 aliphatic heterocycles. The largest absolute Gasteiger partial charge is 0.352 e. The summed E-state index contributed by atoms with van der Waals surface area (Å²) < 4.78 is 0.983. The molecule has 1 aromatic carbocycles. The molecule has 0 unspecified atom stereocenters. The molecule has 1 fully saturated rings. The van der Waals surface area contributed by atoms with E-state index in [1.807, 2.05) is 36.4 Å². The lowest BCUT2D eigenvalue weighted by Crippen LogP contribution is -2.50. The molecular weight excluding hydrogens is 380 g/mol. The smallest absolute Gasteiger partial charge is 0.321 e. The van der Waals surface area contributed by atoms with Crippen LogP contribution in [0.4, 0.5) is 16.3 Å². The number of amides is 2. The van der Waals surface area contributed by atoms with Crippen LogP contribution in [0.1, 0.15) is 0 Å². The first kappa shape index (κ1) is 16.1. The van der Waals surface area contributed by atoms with Gasteiger partial charge in [0.2, 0.25) is 0 Å². The molecule has 0 aliphatic carbocycles. The zero-order chi connectivity index (χ0) is 16.2. The van der Waals surface area contributed by atoms with Gasteiger partial charge in [-0.3, -0.25) is 0 Å². The number of nitrogens with one attached hydrogen (secondary N) is 1. The molecule has 3 rings (SSSR count). The van der Waals surface area contributed by atoms with Gasteiger partial charge in [0.05, 0.1) is 5.02 Å². The number of benzene rings is 1. The van der Waals surface area contributed by atoms with E-state index in [1.54, 1.807) is 11.1 Å². The van der Waals surface area contributed by atoms with Gasteiger partial charge >= 0.3 is 6.03 Å². The van der Waals surface area contributed by atoms with Gasteiger partial charge in [-0.2, -0.15) is 0 Å². The second-order valence-electron chi connectivity index (χ2n) is 5.22. The van der Waals surface area contributed by atoms with Crippen LogP contribution in [0.3, 0.4) is 0 Å². The molecule has 0 saturated carbocycles. The average Bonchev–Trinajstić information content (AvgIpc) is 2.57. The standard InChI is InChI=1S/C16H16BrClN4O/c17-12-3-5-13(6-4-12)20-16(23)22-10-8-21(9-11-22)15-14(18)2-1-7-19-15/h1-7H,8-11H2,(H,20,23). The number of carbonyl (C=O) groups excluding carboxylic acids is 1. The third-order valence-corrected chi connectivity index (χ3v) is 4.52. The van der Waals surface area contributed by atoms with Crippen LogP contribution in [0.2, 0.25) is 5.02 Å². The highest BCUT2D eigenvalue weighted by atomic mass is 79.9. The number of rotatable bonds is 2. The molecule has 1 N–H and O–H groups in total. The van der Waals surface area contributed by atoms with Crippen molar-refractivity contribution >= 4 is 45.1 Å². The number of carbonyl (C=O) groups is 1. The van der Waals surface area contributed by atoms with Gasteiger partial charge in [0.1, 0.15) is 5.82 Å². The van der Waals surface area contributed by atoms with E-state index in [2.05, 4.69) is 31.1 Å². The predicted octanol–water partition coefficient (Wildman–Crippen LogP) is 3.85. The van der Waals surface area contributed by atoms with Crippen LogP contribution in [-0.2, 0) is 0 Å². The molecule has 0 spiro atoms. The summed E-state index contributed by atoms with van der Waals surface area (Å²) in [6.07, 6.45) is 1.73. The van der Waals surface area contributed by atoms with Crippen LogP contribution in [0.15, 0.2) is 47.1 Å². The Morgan fingerprint density at radius 3 is 2.48 bits per heavy atom. The molecule has 0 radical (unpaired) electrons. The summed E-state index contributed by atoms with van der Waals surface area (Å²) in [6, 6.07) is 11.1. The molecule has 2 aromatic rings. The zero-order valence-corrected chi connectivity index (χ0v) is 14.7. The molecule has 2 amide bonds. The summed E-state index contributed by atoms with van der Waals surface area (Å²) in [7, 11) is 0. The van der Waals surface area contributed by atoms with Crippen molar-refractivity contribution in [1.29, 1.82) is 0 Å². The first-order valence-corrected chi connectivity index (χ1v) is 8.47. The van der Waals surface area contributed by atoms with Crippen molar-refractivity contribution in [2.24, 2.45) is 0 Å². The van der Waals surface area contributed by atoms with Crippen LogP contribution in [-0.4, -0.2) is 42.1 Å². The summed E-state index contributed by atoms with van der Waals surface area (Å²) in [5.41, 5.74) is 0.786. The van der Waals surface area contributed by atoms with Crippen molar-refractivity contribution in [3.8, 4) is 0 Å². The Morgan fingerprint density at radius 1 is 1.13 bits per heavy atom. The van der Waals surface area contributed by atoms with E-state index < -0.39 is 0 Å². The van der Waals surface area contributed by atoms with Crippen LogP contribution in [0.5, 0.6) is 0 Å². The lowest BCUT2D eigenvalue weighted by molar-refractivity contribution is 0.208. The lowest BCUT2D eigenvalue weighted by atomic mass is 10.3. The Balaban J connectivity index is 1.57. The lowest BCUT2D eigenvalue weighted by Gasteiger charge is -2.35. The number of nitrogens with zero attached hydrogens (tertiary/aromatic N) is 3. The van der Waals surface area contributed by atoms with Gasteiger partial charge in [-0.05, 0) is 36.4 Å². The topological polar surface area (TPSA) is 48.5 Å². The SMILES string of the molecule is O=C(Nc1ccc(Br)cc1)N1CCN(c2ncccc2Cl)CC1. The Kier molecular flexibility index (Phi) is 5.03. The van der Waals surface area contributed by atoms with Crippen LogP contribution in [0, 0.1) is 0 Å². The van der Waals surface area contributed by atoms with Gasteiger partial charge in [0.15, 0.2) is 0 Å². The Labute approximate surface area is 148 Å². The third kappa shape index (κ3) is 3.95. The quantitative estimate of drug-likeness (QED) is 0.840. The second kappa shape index (κ2) is 7.19. The number of halogens is 2. The fourth-order valence-corrected chi connectivity index (χ4v) is 2.97. The van der Waals surface area contributed by atoms with Crippen molar-refractivity contribution < 1.29 is 4.79 Å². The molecule has 7 heteroatoms. The van der Waals surface area contributed by atoms with Crippen molar-refractivity contribution in [2.45, 2.75) is 0 Å². The van der Waals surface area contributed by atoms with Gasteiger partial charge in [0.25, 0.3) is 0 Å². The number of urea groups is 1. The van der Waals surface area contributed by atoms with Crippen LogP contribution < -0.4 is 10.2 Å². The summed E-state index contributed by atoms with van der Waals surface area (Å²) in [5, 5.41) is 3.55. The number of pyridine rings is 1. The fraction of sp³-hybridized carbons (Fsp3) is 0.250. The Hall–Kier alpha value is -1.79. The number of hydrogen-bond acceptors (Lipinski definition) is 3. The van der Waals surface area contributed by atoms with E-state index in [9.17, 15) is 4.79 Å². The predicted molar refractivity (Wildman–Crippen MR) is 96.2 cm³/mol. The molecular formula is C16H16BrClN4O. The maximum absolute atomic E-state index is 12.3. The van der Waals surface area contributed by atoms with E-state index in [0.29, 0.717) is 31.2 Å². The average molecular weight is 396 g/mol. The molecule has 0 bridgehead atoms. The minimum absolute atomic E-state index is 0.0842. The van der Waals surface area contributed by atoms with Crippen molar-refractivity contribution in [3.05, 3.63) is 52.1 Å². The molecule has 120 valence electrons. The molecule has 1 aromatic heterocycles. The van der Waals surface area contributed by atoms with Gasteiger partial charge < -0.3 is 15.1 Å².